The maximum atomic E-state index is 13.7. The summed E-state index contributed by atoms with van der Waals surface area (Å²) in [4.78, 5) is 31.3. The third-order valence-corrected chi connectivity index (χ3v) is 7.39. The van der Waals surface area contributed by atoms with E-state index in [0.717, 1.165) is 31.2 Å². The van der Waals surface area contributed by atoms with E-state index in [4.69, 9.17) is 4.74 Å². The van der Waals surface area contributed by atoms with Crippen LogP contribution in [-0.2, 0) is 4.79 Å². The highest BCUT2D eigenvalue weighted by atomic mass is 16.5. The van der Waals surface area contributed by atoms with E-state index in [2.05, 4.69) is 25.8 Å². The number of aromatic nitrogens is 5. The van der Waals surface area contributed by atoms with Crippen molar-refractivity contribution in [3.8, 4) is 5.88 Å². The number of rotatable bonds is 11. The fourth-order valence-electron chi connectivity index (χ4n) is 5.22. The Balaban J connectivity index is 1.35. The standard InChI is InChI=1S/C27H35N7O3/c1-16(2)34-22(11-13-29-34)25(35)32-24(23(18-7-8-18)19-9-10-19)26(36)31-20-14-30-33(15-20)17(3)21-6-5-12-28-27(21)37-4/h5-6,11-19,23-24H,7-10H2,1-4H3,(H,31,36)(H,32,35)/t17-,24+/m1/s1. The summed E-state index contributed by atoms with van der Waals surface area (Å²) in [6.07, 6.45) is 11.2. The average Bonchev–Trinajstić information content (AvgIpc) is 3.81. The Morgan fingerprint density at radius 3 is 2.43 bits per heavy atom. The normalized spacial score (nSPS) is 17.0. The summed E-state index contributed by atoms with van der Waals surface area (Å²) < 4.78 is 8.85. The number of nitrogens with zero attached hydrogens (tertiary/aromatic N) is 5. The Kier molecular flexibility index (Phi) is 6.99. The van der Waals surface area contributed by atoms with Gasteiger partial charge in [-0.1, -0.05) is 0 Å². The van der Waals surface area contributed by atoms with Gasteiger partial charge in [0.1, 0.15) is 11.7 Å². The zero-order valence-electron chi connectivity index (χ0n) is 21.8. The predicted octanol–water partition coefficient (Wildman–Crippen LogP) is 3.85. The number of carbonyl (C=O) groups is 2. The molecule has 0 unspecified atom stereocenters. The van der Waals surface area contributed by atoms with Gasteiger partial charge in [-0.3, -0.25) is 19.0 Å². The highest BCUT2D eigenvalue weighted by Gasteiger charge is 2.48. The van der Waals surface area contributed by atoms with Crippen LogP contribution in [0.3, 0.4) is 0 Å². The Labute approximate surface area is 216 Å². The minimum Gasteiger partial charge on any atom is -0.481 e. The Morgan fingerprint density at radius 2 is 1.78 bits per heavy atom. The molecule has 10 heteroatoms. The SMILES string of the molecule is COc1ncccc1[C@@H](C)n1cc(NC(=O)[C@@H](NC(=O)c2ccnn2C(C)C)C(C2CC2)C2CC2)cn1. The van der Waals surface area contributed by atoms with Gasteiger partial charge < -0.3 is 15.4 Å². The highest BCUT2D eigenvalue weighted by Crippen LogP contribution is 2.51. The van der Waals surface area contributed by atoms with Crippen LogP contribution in [0.5, 0.6) is 5.88 Å². The third-order valence-electron chi connectivity index (χ3n) is 7.39. The summed E-state index contributed by atoms with van der Waals surface area (Å²) in [5.74, 6) is 1.13. The van der Waals surface area contributed by atoms with Crippen LogP contribution in [0.1, 0.15) is 74.6 Å². The maximum Gasteiger partial charge on any atom is 0.270 e. The fourth-order valence-corrected chi connectivity index (χ4v) is 5.22. The van der Waals surface area contributed by atoms with Crippen LogP contribution in [-0.4, -0.2) is 49.5 Å². The number of hydrogen-bond donors (Lipinski definition) is 2. The quantitative estimate of drug-likeness (QED) is 0.409. The molecule has 3 aromatic rings. The van der Waals surface area contributed by atoms with Crippen LogP contribution < -0.4 is 15.4 Å². The average molecular weight is 506 g/mol. The molecule has 0 radical (unpaired) electrons. The van der Waals surface area contributed by atoms with Gasteiger partial charge in [-0.15, -0.1) is 0 Å². The minimum absolute atomic E-state index is 0.0388. The lowest BCUT2D eigenvalue weighted by molar-refractivity contribution is -0.119. The van der Waals surface area contributed by atoms with Crippen molar-refractivity contribution in [2.45, 2.75) is 64.6 Å². The van der Waals surface area contributed by atoms with E-state index in [1.54, 1.807) is 47.3 Å². The monoisotopic (exact) mass is 505 g/mol. The van der Waals surface area contributed by atoms with Crippen LogP contribution in [0.25, 0.3) is 0 Å². The van der Waals surface area contributed by atoms with Gasteiger partial charge in [0.2, 0.25) is 11.8 Å². The summed E-state index contributed by atoms with van der Waals surface area (Å²) in [5, 5.41) is 14.9. The third kappa shape index (κ3) is 5.38. The van der Waals surface area contributed by atoms with E-state index in [1.807, 2.05) is 32.9 Å². The Bertz CT molecular complexity index is 1250. The first kappa shape index (κ1) is 25.0. The van der Waals surface area contributed by atoms with E-state index in [9.17, 15) is 9.59 Å². The number of hydrogen-bond acceptors (Lipinski definition) is 6. The summed E-state index contributed by atoms with van der Waals surface area (Å²) in [7, 11) is 1.59. The number of amides is 2. The van der Waals surface area contributed by atoms with E-state index >= 15 is 0 Å². The second-order valence-corrected chi connectivity index (χ2v) is 10.4. The molecular formula is C27H35N7O3. The number of methoxy groups -OCH3 is 1. The van der Waals surface area contributed by atoms with Gasteiger partial charge in [0, 0.05) is 30.2 Å². The number of pyridine rings is 1. The lowest BCUT2D eigenvalue weighted by atomic mass is 9.88. The molecule has 0 aromatic carbocycles. The zero-order chi connectivity index (χ0) is 26.1. The largest absolute Gasteiger partial charge is 0.481 e. The molecule has 0 bridgehead atoms. The minimum atomic E-state index is -0.623. The molecule has 3 aromatic heterocycles. The Morgan fingerprint density at radius 1 is 1.05 bits per heavy atom. The van der Waals surface area contributed by atoms with E-state index < -0.39 is 6.04 Å². The molecule has 2 fully saturated rings. The molecule has 0 spiro atoms. The fraction of sp³-hybridized carbons (Fsp3) is 0.519. The van der Waals surface area contributed by atoms with Gasteiger partial charge in [-0.05, 0) is 82.4 Å². The molecule has 5 rings (SSSR count). The molecule has 2 atom stereocenters. The molecule has 2 saturated carbocycles. The smallest absolute Gasteiger partial charge is 0.270 e. The van der Waals surface area contributed by atoms with Gasteiger partial charge in [-0.2, -0.15) is 10.2 Å². The van der Waals surface area contributed by atoms with Gasteiger partial charge in [-0.25, -0.2) is 4.98 Å². The summed E-state index contributed by atoms with van der Waals surface area (Å²) in [6.45, 7) is 5.95. The second kappa shape index (κ2) is 10.4. The first-order valence-corrected chi connectivity index (χ1v) is 13.1. The first-order valence-electron chi connectivity index (χ1n) is 13.1. The van der Waals surface area contributed by atoms with Gasteiger partial charge in [0.15, 0.2) is 0 Å². The van der Waals surface area contributed by atoms with Crippen molar-refractivity contribution < 1.29 is 14.3 Å². The molecule has 37 heavy (non-hydrogen) atoms. The molecule has 0 saturated heterocycles. The van der Waals surface area contributed by atoms with Crippen molar-refractivity contribution in [3.63, 3.8) is 0 Å². The van der Waals surface area contributed by atoms with E-state index in [1.165, 1.54) is 0 Å². The molecule has 2 aliphatic carbocycles. The van der Waals surface area contributed by atoms with Crippen LogP contribution in [0.2, 0.25) is 0 Å². The molecule has 10 nitrogen and oxygen atoms in total. The van der Waals surface area contributed by atoms with Crippen molar-refractivity contribution in [1.29, 1.82) is 0 Å². The van der Waals surface area contributed by atoms with Crippen molar-refractivity contribution in [2.75, 3.05) is 12.4 Å². The van der Waals surface area contributed by atoms with Crippen LogP contribution in [0.4, 0.5) is 5.69 Å². The molecule has 0 aliphatic heterocycles. The molecule has 3 heterocycles. The predicted molar refractivity (Wildman–Crippen MR) is 138 cm³/mol. The van der Waals surface area contributed by atoms with Crippen LogP contribution >= 0.6 is 0 Å². The molecule has 2 aliphatic rings. The van der Waals surface area contributed by atoms with Crippen molar-refractivity contribution >= 4 is 17.5 Å². The number of carbonyl (C=O) groups excluding carboxylic acids is 2. The van der Waals surface area contributed by atoms with E-state index in [-0.39, 0.29) is 29.8 Å². The lowest BCUT2D eigenvalue weighted by Crippen LogP contribution is -2.50. The van der Waals surface area contributed by atoms with Crippen molar-refractivity contribution in [2.24, 2.45) is 17.8 Å². The first-order chi connectivity index (χ1) is 17.9. The molecule has 2 N–H and O–H groups in total. The summed E-state index contributed by atoms with van der Waals surface area (Å²) in [5.41, 5.74) is 1.93. The zero-order valence-corrected chi connectivity index (χ0v) is 21.8. The highest BCUT2D eigenvalue weighted by molar-refractivity contribution is 6.00. The van der Waals surface area contributed by atoms with Crippen molar-refractivity contribution in [3.05, 3.63) is 54.2 Å². The van der Waals surface area contributed by atoms with E-state index in [0.29, 0.717) is 29.1 Å². The number of anilines is 1. The molecule has 2 amide bonds. The van der Waals surface area contributed by atoms with Gasteiger partial charge >= 0.3 is 0 Å². The molecular weight excluding hydrogens is 470 g/mol. The van der Waals surface area contributed by atoms with Gasteiger partial charge in [0.25, 0.3) is 5.91 Å². The maximum absolute atomic E-state index is 13.7. The lowest BCUT2D eigenvalue weighted by Gasteiger charge is -2.27. The summed E-state index contributed by atoms with van der Waals surface area (Å²) in [6, 6.07) is 4.77. The topological polar surface area (TPSA) is 116 Å². The number of ether oxygens (including phenoxy) is 1. The Hall–Kier alpha value is -3.69. The molecule has 196 valence electrons. The van der Waals surface area contributed by atoms with Crippen LogP contribution in [0, 0.1) is 17.8 Å². The van der Waals surface area contributed by atoms with Crippen molar-refractivity contribution in [1.82, 2.24) is 29.9 Å². The van der Waals surface area contributed by atoms with Gasteiger partial charge in [0.05, 0.1) is 25.0 Å². The summed E-state index contributed by atoms with van der Waals surface area (Å²) >= 11 is 0. The number of nitrogens with one attached hydrogen (secondary N) is 2. The van der Waals surface area contributed by atoms with Crippen LogP contribution in [0.15, 0.2) is 43.0 Å². The second-order valence-electron chi connectivity index (χ2n) is 10.4.